The minimum absolute atomic E-state index is 0.143. The van der Waals surface area contributed by atoms with E-state index in [9.17, 15) is 9.59 Å². The van der Waals surface area contributed by atoms with Gasteiger partial charge in [-0.3, -0.25) is 9.59 Å². The van der Waals surface area contributed by atoms with Crippen LogP contribution in [0.5, 0.6) is 0 Å². The molecule has 0 saturated heterocycles. The van der Waals surface area contributed by atoms with Gasteiger partial charge >= 0.3 is 0 Å². The Balaban J connectivity index is 0.000000233. The Hall–Kier alpha value is -3.32. The Morgan fingerprint density at radius 2 is 1.84 bits per heavy atom. The molecule has 0 aliphatic rings. The van der Waals surface area contributed by atoms with E-state index in [2.05, 4.69) is 49.5 Å². The van der Waals surface area contributed by atoms with Crippen molar-refractivity contribution in [3.63, 3.8) is 0 Å². The number of carbonyl (C=O) groups excluding carboxylic acids is 2. The van der Waals surface area contributed by atoms with Crippen LogP contribution in [0.3, 0.4) is 0 Å². The summed E-state index contributed by atoms with van der Waals surface area (Å²) in [4.78, 5) is 25.4. The van der Waals surface area contributed by atoms with Gasteiger partial charge in [0.1, 0.15) is 5.82 Å². The summed E-state index contributed by atoms with van der Waals surface area (Å²) in [5.74, 6) is 0.464. The zero-order chi connectivity index (χ0) is 23.5. The van der Waals surface area contributed by atoms with Gasteiger partial charge in [-0.1, -0.05) is 43.0 Å². The summed E-state index contributed by atoms with van der Waals surface area (Å²) in [7, 11) is 1.75. The number of halogens is 1. The molecule has 0 unspecified atom stereocenters. The number of aryl methyl sites for hydroxylation is 1. The minimum Gasteiger partial charge on any atom is -0.374 e. The number of benzene rings is 2. The van der Waals surface area contributed by atoms with E-state index in [1.807, 2.05) is 56.4 Å². The number of rotatable bonds is 8. The number of carbonyl (C=O) groups is 2. The molecule has 32 heavy (non-hydrogen) atoms. The van der Waals surface area contributed by atoms with Crippen LogP contribution in [0.2, 0.25) is 0 Å². The lowest BCUT2D eigenvalue weighted by Gasteiger charge is -2.13. The van der Waals surface area contributed by atoms with Gasteiger partial charge in [-0.15, -0.1) is 0 Å². The summed E-state index contributed by atoms with van der Waals surface area (Å²) >= 11 is 3.39. The van der Waals surface area contributed by atoms with Gasteiger partial charge in [0.05, 0.1) is 4.48 Å². The summed E-state index contributed by atoms with van der Waals surface area (Å²) in [6, 6.07) is 15.6. The third-order valence-electron chi connectivity index (χ3n) is 4.77. The average Bonchev–Trinajstić information content (AvgIpc) is 3.21. The van der Waals surface area contributed by atoms with E-state index in [-0.39, 0.29) is 5.91 Å². The molecule has 0 aliphatic heterocycles. The molecule has 0 radical (unpaired) electrons. The first kappa shape index (κ1) is 24.9. The second-order valence-corrected chi connectivity index (χ2v) is 7.96. The van der Waals surface area contributed by atoms with Gasteiger partial charge in [0.25, 0.3) is 5.91 Å². The maximum absolute atomic E-state index is 12.1. The first-order valence-electron chi connectivity index (χ1n) is 10.2. The molecule has 0 saturated carbocycles. The molecule has 6 nitrogen and oxygen atoms in total. The van der Waals surface area contributed by atoms with Crippen LogP contribution >= 0.6 is 15.9 Å². The second-order valence-electron chi connectivity index (χ2n) is 7.17. The number of allylic oxidation sites excluding steroid dienone is 2. The second kappa shape index (κ2) is 12.5. The first-order valence-corrected chi connectivity index (χ1v) is 11.0. The van der Waals surface area contributed by atoms with E-state index in [0.717, 1.165) is 34.0 Å². The van der Waals surface area contributed by atoms with Gasteiger partial charge in [0, 0.05) is 36.3 Å². The Kier molecular flexibility index (Phi) is 9.76. The Labute approximate surface area is 197 Å². The van der Waals surface area contributed by atoms with Crippen molar-refractivity contribution in [2.75, 3.05) is 13.6 Å². The predicted octanol–water partition coefficient (Wildman–Crippen LogP) is 4.54. The van der Waals surface area contributed by atoms with Crippen molar-refractivity contribution in [2.24, 2.45) is 0 Å². The Morgan fingerprint density at radius 3 is 2.50 bits per heavy atom. The lowest BCUT2D eigenvalue weighted by Crippen LogP contribution is -2.31. The van der Waals surface area contributed by atoms with Crippen LogP contribution in [0.15, 0.2) is 77.2 Å². The highest BCUT2D eigenvalue weighted by Gasteiger charge is 2.11. The number of nitrogens with one attached hydrogen (secondary N) is 4. The van der Waals surface area contributed by atoms with Gasteiger partial charge in [-0.2, -0.15) is 0 Å². The summed E-state index contributed by atoms with van der Waals surface area (Å²) in [6.07, 6.45) is 3.59. The zero-order valence-corrected chi connectivity index (χ0v) is 20.2. The van der Waals surface area contributed by atoms with Crippen molar-refractivity contribution in [3.05, 3.63) is 93.9 Å². The normalized spacial score (nSPS) is 11.0. The average molecular weight is 497 g/mol. The van der Waals surface area contributed by atoms with E-state index in [1.54, 1.807) is 13.1 Å². The highest BCUT2D eigenvalue weighted by molar-refractivity contribution is 9.12. The smallest absolute Gasteiger partial charge is 0.257 e. The molecule has 3 aromatic rings. The van der Waals surface area contributed by atoms with Crippen LogP contribution < -0.4 is 16.0 Å². The fourth-order valence-corrected chi connectivity index (χ4v) is 3.35. The number of aromatic nitrogens is 1. The molecule has 1 aromatic heterocycles. The van der Waals surface area contributed by atoms with E-state index in [4.69, 9.17) is 0 Å². The van der Waals surface area contributed by atoms with Gasteiger partial charge in [-0.25, -0.2) is 0 Å². The minimum atomic E-state index is -0.143. The summed E-state index contributed by atoms with van der Waals surface area (Å²) < 4.78 is 0.756. The van der Waals surface area contributed by atoms with E-state index in [1.165, 1.54) is 10.9 Å². The first-order chi connectivity index (χ1) is 15.4. The highest BCUT2D eigenvalue weighted by Crippen LogP contribution is 2.18. The number of hydrogen-bond donors (Lipinski definition) is 4. The van der Waals surface area contributed by atoms with Crippen LogP contribution in [-0.4, -0.2) is 30.9 Å². The van der Waals surface area contributed by atoms with Gasteiger partial charge in [0.15, 0.2) is 0 Å². The van der Waals surface area contributed by atoms with Gasteiger partial charge < -0.3 is 20.9 Å². The van der Waals surface area contributed by atoms with Crippen molar-refractivity contribution < 1.29 is 9.59 Å². The molecule has 4 N–H and O–H groups in total. The number of hydrogen-bond acceptors (Lipinski definition) is 3. The van der Waals surface area contributed by atoms with E-state index >= 15 is 0 Å². The molecule has 2 aromatic carbocycles. The lowest BCUT2D eigenvalue weighted by molar-refractivity contribution is -0.109. The van der Waals surface area contributed by atoms with Gasteiger partial charge in [-0.05, 0) is 65.0 Å². The molecule has 168 valence electrons. The molecule has 2 amide bonds. The largest absolute Gasteiger partial charge is 0.374 e. The molecule has 3 rings (SSSR count). The molecule has 7 heteroatoms. The predicted molar refractivity (Wildman–Crippen MR) is 135 cm³/mol. The number of aromatic amines is 1. The van der Waals surface area contributed by atoms with Gasteiger partial charge in [0.2, 0.25) is 6.41 Å². The van der Waals surface area contributed by atoms with Crippen LogP contribution in [0.4, 0.5) is 0 Å². The number of para-hydroxylation sites is 1. The topological polar surface area (TPSA) is 86.0 Å². The lowest BCUT2D eigenvalue weighted by atomic mass is 10.1. The fourth-order valence-electron chi connectivity index (χ4n) is 3.05. The van der Waals surface area contributed by atoms with Crippen LogP contribution in [0, 0.1) is 6.92 Å². The standard InChI is InChI=1S/C14H17BrN2O.C11H12N2O/c1-9(2)12(15)13(16-4)17-14(18)11-8-6-5-7-10(11)3;14-8-12-6-5-9-7-13-11-4-2-1-3-10(9)11/h5-8,16H,1H2,2-4H3,(H,17,18);1-4,7-8,13H,5-6H2,(H,12,14)/b13-12-;. The molecule has 0 fully saturated rings. The quantitative estimate of drug-likeness (QED) is 0.209. The molecule has 0 aliphatic carbocycles. The van der Waals surface area contributed by atoms with E-state index in [0.29, 0.717) is 17.9 Å². The summed E-state index contributed by atoms with van der Waals surface area (Å²) in [5.41, 5.74) is 4.83. The van der Waals surface area contributed by atoms with Crippen LogP contribution in [0.25, 0.3) is 10.9 Å². The van der Waals surface area contributed by atoms with Crippen LogP contribution in [0.1, 0.15) is 28.4 Å². The SMILES string of the molecule is C=C(C)/C(Br)=C(\NC)NC(=O)c1ccccc1C.O=CNCCc1c[nH]c2ccccc12. The number of H-pyrrole nitrogens is 1. The van der Waals surface area contributed by atoms with Crippen molar-refractivity contribution >= 4 is 39.2 Å². The summed E-state index contributed by atoms with van der Waals surface area (Å²) in [5, 5.41) is 9.66. The van der Waals surface area contributed by atoms with E-state index < -0.39 is 0 Å². The highest BCUT2D eigenvalue weighted by atomic mass is 79.9. The molecule has 0 atom stereocenters. The fraction of sp³-hybridized carbons (Fsp3) is 0.200. The third kappa shape index (κ3) is 6.85. The van der Waals surface area contributed by atoms with Crippen molar-refractivity contribution in [3.8, 4) is 0 Å². The van der Waals surface area contributed by atoms with Crippen LogP contribution in [-0.2, 0) is 11.2 Å². The maximum Gasteiger partial charge on any atom is 0.257 e. The molecule has 1 heterocycles. The third-order valence-corrected chi connectivity index (χ3v) is 5.84. The number of amides is 2. The maximum atomic E-state index is 12.1. The molecular formula is C25H29BrN4O2. The molecule has 0 bridgehead atoms. The molecular weight excluding hydrogens is 468 g/mol. The monoisotopic (exact) mass is 496 g/mol. The Morgan fingerprint density at radius 1 is 1.16 bits per heavy atom. The Bertz CT molecular complexity index is 1120. The zero-order valence-electron chi connectivity index (χ0n) is 18.6. The summed E-state index contributed by atoms with van der Waals surface area (Å²) in [6.45, 7) is 8.28. The van der Waals surface area contributed by atoms with Crippen molar-refractivity contribution in [1.82, 2.24) is 20.9 Å². The van der Waals surface area contributed by atoms with Crippen molar-refractivity contribution in [1.29, 1.82) is 0 Å². The van der Waals surface area contributed by atoms with Crippen molar-refractivity contribution in [2.45, 2.75) is 20.3 Å². The number of fused-ring (bicyclic) bond motifs is 1. The molecule has 0 spiro atoms.